The average molecular weight is 345 g/mol. The third-order valence-corrected chi connectivity index (χ3v) is 5.23. The molecule has 0 saturated carbocycles. The van der Waals surface area contributed by atoms with E-state index in [-0.39, 0.29) is 5.91 Å². The summed E-state index contributed by atoms with van der Waals surface area (Å²) in [7, 11) is 0. The van der Waals surface area contributed by atoms with E-state index in [4.69, 9.17) is 0 Å². The molecule has 3 rings (SSSR count). The third-order valence-electron chi connectivity index (χ3n) is 4.40. The highest BCUT2D eigenvalue weighted by atomic mass is 32.2. The van der Waals surface area contributed by atoms with Crippen LogP contribution in [0.5, 0.6) is 0 Å². The Hall–Kier alpha value is -1.86. The Labute approximate surface area is 146 Å². The van der Waals surface area contributed by atoms with Crippen molar-refractivity contribution in [3.8, 4) is 0 Å². The lowest BCUT2D eigenvalue weighted by Gasteiger charge is -2.38. The van der Waals surface area contributed by atoms with Gasteiger partial charge in [-0.2, -0.15) is 0 Å². The lowest BCUT2D eigenvalue weighted by Crippen LogP contribution is -2.49. The molecule has 1 saturated heterocycles. The number of rotatable bonds is 5. The summed E-state index contributed by atoms with van der Waals surface area (Å²) in [6.07, 6.45) is 0. The summed E-state index contributed by atoms with van der Waals surface area (Å²) >= 11 is 1.39. The summed E-state index contributed by atoms with van der Waals surface area (Å²) < 4.78 is 0. The summed E-state index contributed by atoms with van der Waals surface area (Å²) in [6, 6.07) is 10.9. The van der Waals surface area contributed by atoms with Gasteiger partial charge in [-0.1, -0.05) is 42.1 Å². The summed E-state index contributed by atoms with van der Waals surface area (Å²) in [5.74, 6) is 1.33. The number of amides is 1. The molecule has 24 heavy (non-hydrogen) atoms. The van der Waals surface area contributed by atoms with Gasteiger partial charge in [0.1, 0.15) is 5.82 Å². The number of aromatic nitrogens is 3. The maximum absolute atomic E-state index is 12.3. The Morgan fingerprint density at radius 2 is 1.96 bits per heavy atom. The Morgan fingerprint density at radius 1 is 1.25 bits per heavy atom. The van der Waals surface area contributed by atoms with E-state index in [0.717, 1.165) is 32.0 Å². The van der Waals surface area contributed by atoms with Gasteiger partial charge < -0.3 is 4.90 Å². The van der Waals surface area contributed by atoms with Crippen LogP contribution in [0.1, 0.15) is 24.4 Å². The number of aryl methyl sites for hydroxylation is 1. The van der Waals surface area contributed by atoms with Crippen LogP contribution < -0.4 is 0 Å². The molecule has 6 nitrogen and oxygen atoms in total. The predicted molar refractivity (Wildman–Crippen MR) is 94.9 cm³/mol. The van der Waals surface area contributed by atoms with Gasteiger partial charge in [0.2, 0.25) is 11.1 Å². The standard InChI is InChI=1S/C17H23N5OS/c1-13(15-6-4-3-5-7-15)21-8-10-22(11-9-21)16(23)12-24-17-18-14(2)19-20-17/h3-7,13H,8-12H2,1-2H3,(H,18,19,20)/t13-/m1/s1. The Morgan fingerprint density at radius 3 is 2.58 bits per heavy atom. The van der Waals surface area contributed by atoms with Crippen LogP contribution >= 0.6 is 11.8 Å². The van der Waals surface area contributed by atoms with Crippen LogP contribution in [0.15, 0.2) is 35.5 Å². The average Bonchev–Trinajstić information content (AvgIpc) is 3.05. The number of nitrogens with zero attached hydrogens (tertiary/aromatic N) is 4. The monoisotopic (exact) mass is 345 g/mol. The first-order valence-corrected chi connectivity index (χ1v) is 9.20. The van der Waals surface area contributed by atoms with Crippen LogP contribution in [0.2, 0.25) is 0 Å². The Bertz CT molecular complexity index is 667. The zero-order chi connectivity index (χ0) is 16.9. The highest BCUT2D eigenvalue weighted by molar-refractivity contribution is 7.99. The molecule has 1 atom stereocenters. The number of aromatic amines is 1. The number of H-pyrrole nitrogens is 1. The van der Waals surface area contributed by atoms with Crippen molar-refractivity contribution >= 4 is 17.7 Å². The minimum Gasteiger partial charge on any atom is -0.339 e. The number of nitrogens with one attached hydrogen (secondary N) is 1. The minimum atomic E-state index is 0.162. The molecular weight excluding hydrogens is 322 g/mol. The van der Waals surface area contributed by atoms with Crippen LogP contribution in [-0.4, -0.2) is 62.8 Å². The van der Waals surface area contributed by atoms with Crippen molar-refractivity contribution in [3.05, 3.63) is 41.7 Å². The molecule has 1 aromatic carbocycles. The number of benzene rings is 1. The molecule has 0 radical (unpaired) electrons. The first-order chi connectivity index (χ1) is 11.6. The van der Waals surface area contributed by atoms with Crippen molar-refractivity contribution in [2.45, 2.75) is 25.0 Å². The van der Waals surface area contributed by atoms with Crippen LogP contribution in [0.25, 0.3) is 0 Å². The summed E-state index contributed by atoms with van der Waals surface area (Å²) in [4.78, 5) is 20.9. The van der Waals surface area contributed by atoms with Crippen molar-refractivity contribution < 1.29 is 4.79 Å². The fourth-order valence-corrected chi connectivity index (χ4v) is 3.65. The van der Waals surface area contributed by atoms with Gasteiger partial charge in [0, 0.05) is 32.2 Å². The minimum absolute atomic E-state index is 0.162. The molecule has 128 valence electrons. The normalized spacial score (nSPS) is 17.0. The van der Waals surface area contributed by atoms with Crippen LogP contribution in [0.3, 0.4) is 0 Å². The quantitative estimate of drug-likeness (QED) is 0.841. The topological polar surface area (TPSA) is 65.1 Å². The second-order valence-corrected chi connectivity index (χ2v) is 6.94. The third kappa shape index (κ3) is 4.15. The van der Waals surface area contributed by atoms with E-state index in [1.807, 2.05) is 17.9 Å². The smallest absolute Gasteiger partial charge is 0.233 e. The molecule has 0 unspecified atom stereocenters. The summed E-state index contributed by atoms with van der Waals surface area (Å²) in [5, 5.41) is 7.48. The van der Waals surface area contributed by atoms with Gasteiger partial charge in [-0.05, 0) is 19.4 Å². The molecule has 0 aliphatic carbocycles. The molecular formula is C17H23N5OS. The van der Waals surface area contributed by atoms with Crippen molar-refractivity contribution in [2.75, 3.05) is 31.9 Å². The maximum Gasteiger partial charge on any atom is 0.233 e. The summed E-state index contributed by atoms with van der Waals surface area (Å²) in [6.45, 7) is 7.46. The van der Waals surface area contributed by atoms with E-state index >= 15 is 0 Å². The fraction of sp³-hybridized carbons (Fsp3) is 0.471. The van der Waals surface area contributed by atoms with Gasteiger partial charge in [0.05, 0.1) is 5.75 Å². The summed E-state index contributed by atoms with van der Waals surface area (Å²) in [5.41, 5.74) is 1.33. The molecule has 0 spiro atoms. The first kappa shape index (κ1) is 17.0. The number of thioether (sulfide) groups is 1. The predicted octanol–water partition coefficient (Wildman–Crippen LogP) is 2.11. The van der Waals surface area contributed by atoms with Gasteiger partial charge >= 0.3 is 0 Å². The van der Waals surface area contributed by atoms with Crippen molar-refractivity contribution in [1.29, 1.82) is 0 Å². The zero-order valence-electron chi connectivity index (χ0n) is 14.1. The van der Waals surface area contributed by atoms with Crippen LogP contribution in [-0.2, 0) is 4.79 Å². The van der Waals surface area contributed by atoms with E-state index < -0.39 is 0 Å². The van der Waals surface area contributed by atoms with Crippen LogP contribution in [0, 0.1) is 6.92 Å². The maximum atomic E-state index is 12.3. The largest absolute Gasteiger partial charge is 0.339 e. The van der Waals surface area contributed by atoms with E-state index in [1.165, 1.54) is 17.3 Å². The number of hydrogen-bond donors (Lipinski definition) is 1. The molecule has 1 aromatic heterocycles. The van der Waals surface area contributed by atoms with E-state index in [1.54, 1.807) is 0 Å². The molecule has 7 heteroatoms. The first-order valence-electron chi connectivity index (χ1n) is 8.22. The van der Waals surface area contributed by atoms with E-state index in [2.05, 4.69) is 51.3 Å². The van der Waals surface area contributed by atoms with Gasteiger partial charge in [-0.3, -0.25) is 14.8 Å². The molecule has 1 amide bonds. The van der Waals surface area contributed by atoms with Crippen molar-refractivity contribution in [1.82, 2.24) is 25.0 Å². The van der Waals surface area contributed by atoms with Gasteiger partial charge in [0.25, 0.3) is 0 Å². The molecule has 2 heterocycles. The number of piperazine rings is 1. The lowest BCUT2D eigenvalue weighted by molar-refractivity contribution is -0.130. The fourth-order valence-electron chi connectivity index (χ4n) is 2.91. The van der Waals surface area contributed by atoms with E-state index in [0.29, 0.717) is 17.0 Å². The number of carbonyl (C=O) groups is 1. The Balaban J connectivity index is 1.47. The Kier molecular flexibility index (Phi) is 5.52. The van der Waals surface area contributed by atoms with Crippen molar-refractivity contribution in [3.63, 3.8) is 0 Å². The highest BCUT2D eigenvalue weighted by Gasteiger charge is 2.24. The SMILES string of the molecule is Cc1nc(SCC(=O)N2CCN([C@H](C)c3ccccc3)CC2)n[nH]1. The second kappa shape index (κ2) is 7.81. The molecule has 1 N–H and O–H groups in total. The van der Waals surface area contributed by atoms with Gasteiger partial charge in [-0.25, -0.2) is 4.98 Å². The number of carbonyl (C=O) groups excluding carboxylic acids is 1. The second-order valence-electron chi connectivity index (χ2n) is 6.00. The lowest BCUT2D eigenvalue weighted by atomic mass is 10.1. The van der Waals surface area contributed by atoms with Crippen molar-refractivity contribution in [2.24, 2.45) is 0 Å². The zero-order valence-corrected chi connectivity index (χ0v) is 14.9. The number of hydrogen-bond acceptors (Lipinski definition) is 5. The molecule has 1 fully saturated rings. The van der Waals surface area contributed by atoms with E-state index in [9.17, 15) is 4.79 Å². The molecule has 0 bridgehead atoms. The molecule has 1 aliphatic rings. The molecule has 2 aromatic rings. The van der Waals surface area contributed by atoms with Crippen LogP contribution in [0.4, 0.5) is 0 Å². The van der Waals surface area contributed by atoms with Gasteiger partial charge in [0.15, 0.2) is 0 Å². The highest BCUT2D eigenvalue weighted by Crippen LogP contribution is 2.21. The van der Waals surface area contributed by atoms with Gasteiger partial charge in [-0.15, -0.1) is 5.10 Å². The molecule has 1 aliphatic heterocycles.